The summed E-state index contributed by atoms with van der Waals surface area (Å²) in [5.41, 5.74) is 1.21. The summed E-state index contributed by atoms with van der Waals surface area (Å²) in [6.07, 6.45) is 8.46. The molecular formula is C24H31N3O3S2. The first-order valence-electron chi connectivity index (χ1n) is 11.3. The Morgan fingerprint density at radius 3 is 2.81 bits per heavy atom. The topological polar surface area (TPSA) is 64.4 Å². The van der Waals surface area contributed by atoms with Gasteiger partial charge >= 0.3 is 0 Å². The zero-order valence-corrected chi connectivity index (χ0v) is 20.3. The lowest BCUT2D eigenvalue weighted by Crippen LogP contribution is -2.33. The molecule has 1 saturated heterocycles. The van der Waals surface area contributed by atoms with Gasteiger partial charge in [0.05, 0.1) is 23.8 Å². The van der Waals surface area contributed by atoms with Crippen LogP contribution in [0.2, 0.25) is 0 Å². The number of hydrogen-bond donors (Lipinski definition) is 0. The average molecular weight is 474 g/mol. The molecule has 2 aromatic rings. The van der Waals surface area contributed by atoms with Crippen LogP contribution in [0.4, 0.5) is 0 Å². The van der Waals surface area contributed by atoms with Gasteiger partial charge in [-0.2, -0.15) is 0 Å². The Morgan fingerprint density at radius 1 is 1.34 bits per heavy atom. The van der Waals surface area contributed by atoms with Crippen LogP contribution < -0.4 is 5.56 Å². The van der Waals surface area contributed by atoms with Gasteiger partial charge < -0.3 is 9.64 Å². The third-order valence-electron chi connectivity index (χ3n) is 6.17. The lowest BCUT2D eigenvalue weighted by Gasteiger charge is -2.20. The monoisotopic (exact) mass is 473 g/mol. The van der Waals surface area contributed by atoms with E-state index in [9.17, 15) is 9.59 Å². The number of rotatable bonds is 9. The molecule has 2 atom stereocenters. The molecule has 1 fully saturated rings. The van der Waals surface area contributed by atoms with Gasteiger partial charge in [-0.25, -0.2) is 4.98 Å². The fourth-order valence-electron chi connectivity index (χ4n) is 4.48. The van der Waals surface area contributed by atoms with Crippen LogP contribution >= 0.6 is 23.1 Å². The van der Waals surface area contributed by atoms with Crippen molar-refractivity contribution in [1.29, 1.82) is 0 Å². The Kier molecular flexibility index (Phi) is 7.53. The molecule has 3 heterocycles. The Labute approximate surface area is 197 Å². The number of hydrogen-bond acceptors (Lipinski definition) is 6. The molecule has 8 heteroatoms. The predicted molar refractivity (Wildman–Crippen MR) is 132 cm³/mol. The highest BCUT2D eigenvalue weighted by atomic mass is 32.2. The number of thiophene rings is 1. The van der Waals surface area contributed by atoms with E-state index in [-0.39, 0.29) is 23.3 Å². The number of nitrogens with zero attached hydrogens (tertiary/aromatic N) is 3. The quantitative estimate of drug-likeness (QED) is 0.312. The minimum atomic E-state index is -0.0212. The Morgan fingerprint density at radius 2 is 2.12 bits per heavy atom. The van der Waals surface area contributed by atoms with E-state index in [0.29, 0.717) is 30.7 Å². The van der Waals surface area contributed by atoms with E-state index in [4.69, 9.17) is 9.72 Å². The van der Waals surface area contributed by atoms with Crippen molar-refractivity contribution in [2.24, 2.45) is 5.92 Å². The summed E-state index contributed by atoms with van der Waals surface area (Å²) in [5, 5.41) is 1.39. The second-order valence-corrected chi connectivity index (χ2v) is 10.7. The minimum absolute atomic E-state index is 0.0153. The Bertz CT molecular complexity index is 1060. The number of aromatic nitrogens is 2. The summed E-state index contributed by atoms with van der Waals surface area (Å²) in [6, 6.07) is 0. The first-order valence-corrected chi connectivity index (χ1v) is 13.1. The van der Waals surface area contributed by atoms with Gasteiger partial charge in [0.15, 0.2) is 5.16 Å². The molecular weight excluding hydrogens is 442 g/mol. The molecule has 6 nitrogen and oxygen atoms in total. The SMILES string of the molecule is C=CCN(CC=C)C(=O)CSc1nc2sc3c(c2c(=O)n1CC1CCCO1)CCC(C)C3. The van der Waals surface area contributed by atoms with E-state index in [1.54, 1.807) is 33.0 Å². The van der Waals surface area contributed by atoms with Crippen LogP contribution in [0.3, 0.4) is 0 Å². The van der Waals surface area contributed by atoms with Gasteiger partial charge in [0.2, 0.25) is 5.91 Å². The maximum atomic E-state index is 13.7. The molecule has 0 N–H and O–H groups in total. The molecule has 0 spiro atoms. The van der Waals surface area contributed by atoms with Gasteiger partial charge in [-0.3, -0.25) is 14.2 Å². The number of ether oxygens (including phenoxy) is 1. The van der Waals surface area contributed by atoms with Crippen molar-refractivity contribution >= 4 is 39.2 Å². The second kappa shape index (κ2) is 10.4. The molecule has 4 rings (SSSR count). The lowest BCUT2D eigenvalue weighted by atomic mass is 9.89. The zero-order valence-electron chi connectivity index (χ0n) is 18.7. The molecule has 1 aliphatic carbocycles. The molecule has 0 saturated carbocycles. The molecule has 1 amide bonds. The number of thioether (sulfide) groups is 1. The van der Waals surface area contributed by atoms with Crippen LogP contribution in [0.15, 0.2) is 35.3 Å². The van der Waals surface area contributed by atoms with E-state index in [0.717, 1.165) is 48.9 Å². The molecule has 0 aromatic carbocycles. The van der Waals surface area contributed by atoms with E-state index in [1.165, 1.54) is 22.2 Å². The number of carbonyl (C=O) groups is 1. The Hall–Kier alpha value is -1.90. The van der Waals surface area contributed by atoms with E-state index >= 15 is 0 Å². The number of carbonyl (C=O) groups excluding carboxylic acids is 1. The summed E-state index contributed by atoms with van der Waals surface area (Å²) in [5.74, 6) is 0.830. The normalized spacial score (nSPS) is 20.3. The van der Waals surface area contributed by atoms with Gasteiger partial charge in [-0.1, -0.05) is 30.8 Å². The largest absolute Gasteiger partial charge is 0.376 e. The highest BCUT2D eigenvalue weighted by Gasteiger charge is 2.27. The van der Waals surface area contributed by atoms with Crippen LogP contribution in [-0.2, 0) is 28.9 Å². The third kappa shape index (κ3) is 4.87. The van der Waals surface area contributed by atoms with E-state index in [2.05, 4.69) is 20.1 Å². The number of fused-ring (bicyclic) bond motifs is 3. The van der Waals surface area contributed by atoms with Crippen molar-refractivity contribution in [3.63, 3.8) is 0 Å². The van der Waals surface area contributed by atoms with Crippen LogP contribution in [0.5, 0.6) is 0 Å². The molecule has 172 valence electrons. The van der Waals surface area contributed by atoms with Crippen molar-refractivity contribution < 1.29 is 9.53 Å². The molecule has 32 heavy (non-hydrogen) atoms. The molecule has 2 aromatic heterocycles. The summed E-state index contributed by atoms with van der Waals surface area (Å²) < 4.78 is 7.58. The highest BCUT2D eigenvalue weighted by Crippen LogP contribution is 2.36. The first kappa shape index (κ1) is 23.3. The standard InChI is InChI=1S/C24H31N3O3S2/c1-4-10-26(11-5-2)20(28)15-31-24-25-22-21(18-9-8-16(3)13-19(18)32-22)23(29)27(24)14-17-7-6-12-30-17/h4-5,16-17H,1-2,6-15H2,3H3. The van der Waals surface area contributed by atoms with Crippen LogP contribution in [0, 0.1) is 5.92 Å². The molecule has 0 radical (unpaired) electrons. The van der Waals surface area contributed by atoms with E-state index in [1.807, 2.05) is 0 Å². The highest BCUT2D eigenvalue weighted by molar-refractivity contribution is 7.99. The number of aryl methyl sites for hydroxylation is 1. The van der Waals surface area contributed by atoms with Gasteiger partial charge in [0.25, 0.3) is 5.56 Å². The predicted octanol–water partition coefficient (Wildman–Crippen LogP) is 4.05. The fraction of sp³-hybridized carbons (Fsp3) is 0.542. The Balaban J connectivity index is 1.68. The second-order valence-electron chi connectivity index (χ2n) is 8.64. The van der Waals surface area contributed by atoms with Crippen LogP contribution in [0.25, 0.3) is 10.2 Å². The van der Waals surface area contributed by atoms with Gasteiger partial charge in [0, 0.05) is 24.6 Å². The van der Waals surface area contributed by atoms with Crippen molar-refractivity contribution in [3.8, 4) is 0 Å². The minimum Gasteiger partial charge on any atom is -0.376 e. The summed E-state index contributed by atoms with van der Waals surface area (Å²) in [7, 11) is 0. The maximum Gasteiger partial charge on any atom is 0.263 e. The smallest absolute Gasteiger partial charge is 0.263 e. The third-order valence-corrected chi connectivity index (χ3v) is 8.28. The maximum absolute atomic E-state index is 13.7. The summed E-state index contributed by atoms with van der Waals surface area (Å²) >= 11 is 2.99. The van der Waals surface area contributed by atoms with Crippen LogP contribution in [-0.4, -0.2) is 51.9 Å². The summed E-state index contributed by atoms with van der Waals surface area (Å²) in [6.45, 7) is 11.9. The van der Waals surface area contributed by atoms with E-state index < -0.39 is 0 Å². The lowest BCUT2D eigenvalue weighted by molar-refractivity contribution is -0.127. The average Bonchev–Trinajstić information content (AvgIpc) is 3.41. The molecule has 2 aliphatic rings. The molecule has 1 aliphatic heterocycles. The van der Waals surface area contributed by atoms with Crippen molar-refractivity contribution in [2.45, 2.75) is 56.8 Å². The fourth-order valence-corrected chi connectivity index (χ4v) is 6.81. The van der Waals surface area contributed by atoms with Crippen molar-refractivity contribution in [2.75, 3.05) is 25.4 Å². The first-order chi connectivity index (χ1) is 15.5. The van der Waals surface area contributed by atoms with Gasteiger partial charge in [-0.05, 0) is 43.6 Å². The van der Waals surface area contributed by atoms with Crippen molar-refractivity contribution in [1.82, 2.24) is 14.5 Å². The van der Waals surface area contributed by atoms with Gasteiger partial charge in [-0.15, -0.1) is 24.5 Å². The van der Waals surface area contributed by atoms with Crippen LogP contribution in [0.1, 0.15) is 36.6 Å². The summed E-state index contributed by atoms with van der Waals surface area (Å²) in [4.78, 5) is 35.2. The molecule has 0 bridgehead atoms. The van der Waals surface area contributed by atoms with Crippen molar-refractivity contribution in [3.05, 3.63) is 46.1 Å². The molecule has 2 unspecified atom stereocenters. The zero-order chi connectivity index (χ0) is 22.7. The number of amides is 1. The van der Waals surface area contributed by atoms with Gasteiger partial charge in [0.1, 0.15) is 4.83 Å².